The topological polar surface area (TPSA) is 140 Å². The highest BCUT2D eigenvalue weighted by Crippen LogP contribution is 2.84. The Kier molecular flexibility index (Phi) is 17.8. The maximum absolute atomic E-state index is 15.3. The van der Waals surface area contributed by atoms with Gasteiger partial charge in [-0.2, -0.15) is 0 Å². The van der Waals surface area contributed by atoms with E-state index in [1.54, 1.807) is 12.8 Å². The number of allylic oxidation sites excluding steroid dienone is 1. The molecule has 0 aromatic carbocycles. The van der Waals surface area contributed by atoms with E-state index < -0.39 is 55.4 Å². The summed E-state index contributed by atoms with van der Waals surface area (Å²) in [6, 6.07) is 0. The van der Waals surface area contributed by atoms with Crippen molar-refractivity contribution in [2.45, 2.75) is 210 Å². The van der Waals surface area contributed by atoms with Gasteiger partial charge < -0.3 is 40.1 Å². The average molecular weight is 793 g/mol. The second kappa shape index (κ2) is 22.3. The fourth-order valence-electron chi connectivity index (χ4n) is 13.4. The van der Waals surface area contributed by atoms with Crippen molar-refractivity contribution in [1.29, 1.82) is 0 Å². The summed E-state index contributed by atoms with van der Waals surface area (Å²) in [5.74, 6) is 8.86. The van der Waals surface area contributed by atoms with E-state index in [0.717, 1.165) is 79.4 Å². The van der Waals surface area contributed by atoms with E-state index in [1.807, 2.05) is 0 Å². The van der Waals surface area contributed by atoms with Gasteiger partial charge in [0.25, 0.3) is 0 Å². The molecule has 0 aromatic rings. The predicted molar refractivity (Wildman–Crippen MR) is 217 cm³/mol. The first-order valence-electron chi connectivity index (χ1n) is 23.9. The average Bonchev–Trinajstić information content (AvgIpc) is 3.77. The number of ether oxygens (including phenoxy) is 2. The number of rotatable bonds is 31. The molecular weight excluding hydrogens is 712 g/mol. The van der Waals surface area contributed by atoms with Crippen molar-refractivity contribution in [3.05, 3.63) is 11.9 Å². The molecule has 0 spiro atoms. The number of halogens is 1. The van der Waals surface area contributed by atoms with Crippen molar-refractivity contribution in [3.8, 4) is 0 Å². The highest BCUT2D eigenvalue weighted by molar-refractivity contribution is 5.27. The second-order valence-corrected chi connectivity index (χ2v) is 19.5. The van der Waals surface area contributed by atoms with Gasteiger partial charge in [-0.25, -0.2) is 4.39 Å². The third kappa shape index (κ3) is 10.6. The SMILES string of the molecule is CCCCCCCCCCCCCC[C@@H](O)[C@@H](O)[C@@H](/C=C(/F)CCCCCCCCCCC1C2C3CC4C5C3CC2C5C14)COC1OC(CO)C(O)C(O)C1O. The van der Waals surface area contributed by atoms with Crippen molar-refractivity contribution in [2.75, 3.05) is 13.2 Å². The molecule has 5 saturated carbocycles. The molecule has 6 N–H and O–H groups in total. The van der Waals surface area contributed by atoms with Crippen LogP contribution in [0.4, 0.5) is 4.39 Å². The lowest BCUT2D eigenvalue weighted by Gasteiger charge is -2.48. The molecule has 17 atom stereocenters. The van der Waals surface area contributed by atoms with Crippen LogP contribution < -0.4 is 0 Å². The van der Waals surface area contributed by atoms with E-state index in [-0.39, 0.29) is 18.9 Å². The lowest BCUT2D eigenvalue weighted by Crippen LogP contribution is -2.59. The molecular formula is C47H81FO8. The van der Waals surface area contributed by atoms with Gasteiger partial charge in [0.2, 0.25) is 0 Å². The summed E-state index contributed by atoms with van der Waals surface area (Å²) in [4.78, 5) is 0. The minimum Gasteiger partial charge on any atom is -0.394 e. The molecule has 2 bridgehead atoms. The van der Waals surface area contributed by atoms with Gasteiger partial charge in [0.05, 0.1) is 31.2 Å². The van der Waals surface area contributed by atoms with E-state index in [1.165, 1.54) is 108 Å². The zero-order chi connectivity index (χ0) is 39.6. The normalized spacial score (nSPS) is 38.1. The van der Waals surface area contributed by atoms with Gasteiger partial charge in [0.15, 0.2) is 6.29 Å². The first kappa shape index (κ1) is 44.9. The highest BCUT2D eigenvalue weighted by atomic mass is 19.1. The summed E-state index contributed by atoms with van der Waals surface area (Å²) in [5, 5.41) is 62.5. The van der Waals surface area contributed by atoms with E-state index in [0.29, 0.717) is 12.8 Å². The largest absolute Gasteiger partial charge is 0.394 e. The van der Waals surface area contributed by atoms with Crippen LogP contribution >= 0.6 is 0 Å². The minimum absolute atomic E-state index is 0.244. The Labute approximate surface area is 338 Å². The Morgan fingerprint density at radius 3 is 1.84 bits per heavy atom. The van der Waals surface area contributed by atoms with Crippen LogP contribution in [0.3, 0.4) is 0 Å². The van der Waals surface area contributed by atoms with Gasteiger partial charge in [-0.3, -0.25) is 0 Å². The summed E-state index contributed by atoms with van der Waals surface area (Å²) in [7, 11) is 0. The lowest BCUT2D eigenvalue weighted by molar-refractivity contribution is -0.303. The number of aliphatic hydroxyl groups excluding tert-OH is 6. The van der Waals surface area contributed by atoms with Gasteiger partial charge in [0, 0.05) is 5.92 Å². The molecule has 6 fully saturated rings. The zero-order valence-corrected chi connectivity index (χ0v) is 34.9. The lowest BCUT2D eigenvalue weighted by atomic mass is 9.57. The van der Waals surface area contributed by atoms with E-state index >= 15 is 4.39 Å². The van der Waals surface area contributed by atoms with Crippen LogP contribution in [0.1, 0.15) is 167 Å². The molecule has 14 unspecified atom stereocenters. The van der Waals surface area contributed by atoms with Gasteiger partial charge in [-0.1, -0.05) is 129 Å². The number of hydrogen-bond donors (Lipinski definition) is 6. The third-order valence-corrected chi connectivity index (χ3v) is 16.1. The molecule has 0 aromatic heterocycles. The van der Waals surface area contributed by atoms with Gasteiger partial charge >= 0.3 is 0 Å². The summed E-state index contributed by atoms with van der Waals surface area (Å²) in [5.41, 5.74) is 0. The summed E-state index contributed by atoms with van der Waals surface area (Å²) in [6.07, 6.45) is 20.6. The molecule has 9 heteroatoms. The molecule has 56 heavy (non-hydrogen) atoms. The van der Waals surface area contributed by atoms with Crippen molar-refractivity contribution in [3.63, 3.8) is 0 Å². The quantitative estimate of drug-likeness (QED) is 0.0385. The standard InChI is InChI=1S/C47H81FO8/c1-2-3-4-5-6-7-8-9-10-15-18-21-24-37(50)43(51)30(29-55-47-46(54)45(53)44(52)38(28-49)56-47)25-31(48)22-19-16-13-11-12-14-17-20-23-32-39-33-26-36-40(32)42-35(39)27-34(33)41(36)42/h25,30,32-47,49-54H,2-24,26-29H2,1H3/b31-25+/t30-,32?,33?,34?,35?,36?,37+,38?,39?,40?,41?,42?,43-,44?,45?,46?,47?/m0/s1. The molecule has 0 radical (unpaired) electrons. The Morgan fingerprint density at radius 2 is 1.21 bits per heavy atom. The Hall–Kier alpha value is -0.650. The first-order chi connectivity index (χ1) is 27.3. The van der Waals surface area contributed by atoms with E-state index in [4.69, 9.17) is 9.47 Å². The Balaban J connectivity index is 0.852. The number of hydrogen-bond acceptors (Lipinski definition) is 8. The molecule has 6 rings (SSSR count). The smallest absolute Gasteiger partial charge is 0.186 e. The zero-order valence-electron chi connectivity index (χ0n) is 34.9. The van der Waals surface area contributed by atoms with Crippen molar-refractivity contribution < 1.29 is 44.5 Å². The van der Waals surface area contributed by atoms with Crippen molar-refractivity contribution in [1.82, 2.24) is 0 Å². The number of unbranched alkanes of at least 4 members (excludes halogenated alkanes) is 18. The molecule has 1 saturated heterocycles. The summed E-state index contributed by atoms with van der Waals surface area (Å²) < 4.78 is 26.5. The van der Waals surface area contributed by atoms with Crippen LogP contribution in [0.5, 0.6) is 0 Å². The van der Waals surface area contributed by atoms with Crippen LogP contribution in [-0.2, 0) is 9.47 Å². The fraction of sp³-hybridized carbons (Fsp3) is 0.957. The van der Waals surface area contributed by atoms with Gasteiger partial charge in [-0.05, 0) is 97.9 Å². The van der Waals surface area contributed by atoms with Crippen LogP contribution in [0.2, 0.25) is 0 Å². The van der Waals surface area contributed by atoms with Gasteiger partial charge in [0.1, 0.15) is 24.4 Å². The highest BCUT2D eigenvalue weighted by Gasteiger charge is 2.79. The minimum atomic E-state index is -1.60. The maximum Gasteiger partial charge on any atom is 0.186 e. The Bertz CT molecular complexity index is 1160. The molecule has 1 aliphatic heterocycles. The van der Waals surface area contributed by atoms with Crippen LogP contribution in [0, 0.1) is 59.2 Å². The van der Waals surface area contributed by atoms with Crippen molar-refractivity contribution >= 4 is 0 Å². The third-order valence-electron chi connectivity index (χ3n) is 16.1. The monoisotopic (exact) mass is 793 g/mol. The fourth-order valence-corrected chi connectivity index (χ4v) is 13.4. The summed E-state index contributed by atoms with van der Waals surface area (Å²) in [6.45, 7) is 1.37. The molecule has 8 nitrogen and oxygen atoms in total. The first-order valence-corrected chi connectivity index (χ1v) is 23.9. The van der Waals surface area contributed by atoms with Gasteiger partial charge in [-0.15, -0.1) is 0 Å². The number of fused-ring (bicyclic) bond motifs is 2. The van der Waals surface area contributed by atoms with Crippen molar-refractivity contribution in [2.24, 2.45) is 59.2 Å². The maximum atomic E-state index is 15.3. The summed E-state index contributed by atoms with van der Waals surface area (Å²) >= 11 is 0. The van der Waals surface area contributed by atoms with Crippen LogP contribution in [-0.4, -0.2) is 86.8 Å². The number of aliphatic hydroxyl groups is 6. The van der Waals surface area contributed by atoms with Crippen LogP contribution in [0.15, 0.2) is 11.9 Å². The van der Waals surface area contributed by atoms with E-state index in [2.05, 4.69) is 6.92 Å². The second-order valence-electron chi connectivity index (χ2n) is 19.5. The molecule has 0 amide bonds. The van der Waals surface area contributed by atoms with Crippen LogP contribution in [0.25, 0.3) is 0 Å². The molecule has 6 aliphatic rings. The molecule has 1 heterocycles. The Morgan fingerprint density at radius 1 is 0.661 bits per heavy atom. The molecule has 5 aliphatic carbocycles. The molecule has 324 valence electrons. The van der Waals surface area contributed by atoms with E-state index in [9.17, 15) is 30.6 Å². The predicted octanol–water partition coefficient (Wildman–Crippen LogP) is 8.38.